The number of carbonyl (C=O) groups excluding carboxylic acids is 1. The smallest absolute Gasteiger partial charge is 0.225 e. The van der Waals surface area contributed by atoms with Gasteiger partial charge in [0.1, 0.15) is 0 Å². The molecule has 2 fully saturated rings. The molecular formula is C19H27NO3. The number of aliphatic hydroxyl groups is 2. The van der Waals surface area contributed by atoms with E-state index in [4.69, 9.17) is 0 Å². The minimum absolute atomic E-state index is 0.0713. The maximum Gasteiger partial charge on any atom is 0.225 e. The molecule has 1 atom stereocenters. The van der Waals surface area contributed by atoms with Crippen LogP contribution in [0.25, 0.3) is 0 Å². The minimum atomic E-state index is -0.766. The van der Waals surface area contributed by atoms with Gasteiger partial charge in [-0.3, -0.25) is 4.79 Å². The van der Waals surface area contributed by atoms with Gasteiger partial charge < -0.3 is 15.1 Å². The lowest BCUT2D eigenvalue weighted by Crippen LogP contribution is -2.43. The summed E-state index contributed by atoms with van der Waals surface area (Å²) in [5.41, 5.74) is 0.190. The second kappa shape index (κ2) is 7.02. The Balaban J connectivity index is 1.51. The van der Waals surface area contributed by atoms with Gasteiger partial charge in [0.2, 0.25) is 5.91 Å². The summed E-state index contributed by atoms with van der Waals surface area (Å²) in [6.45, 7) is 1.37. The molecule has 1 aromatic carbocycles. The molecule has 1 aliphatic heterocycles. The quantitative estimate of drug-likeness (QED) is 0.897. The zero-order valence-electron chi connectivity index (χ0n) is 13.7. The summed E-state index contributed by atoms with van der Waals surface area (Å²) in [6, 6.07) is 9.75. The molecule has 23 heavy (non-hydrogen) atoms. The molecule has 126 valence electrons. The van der Waals surface area contributed by atoms with E-state index in [2.05, 4.69) is 0 Å². The first kappa shape index (κ1) is 16.5. The zero-order chi connectivity index (χ0) is 16.3. The molecule has 2 N–H and O–H groups in total. The number of aliphatic hydroxyl groups excluding tert-OH is 1. The largest absolute Gasteiger partial charge is 0.389 e. The average Bonchev–Trinajstić information content (AvgIpc) is 3.01. The third-order valence-electron chi connectivity index (χ3n) is 5.49. The number of benzene rings is 1. The predicted octanol–water partition coefficient (Wildman–Crippen LogP) is 2.65. The van der Waals surface area contributed by atoms with Crippen molar-refractivity contribution < 1.29 is 15.0 Å². The van der Waals surface area contributed by atoms with Crippen LogP contribution in [0.4, 0.5) is 0 Å². The van der Waals surface area contributed by atoms with Crippen molar-refractivity contribution in [3.63, 3.8) is 0 Å². The van der Waals surface area contributed by atoms with Crippen LogP contribution in [0.5, 0.6) is 0 Å². The fourth-order valence-corrected chi connectivity index (χ4v) is 3.99. The summed E-state index contributed by atoms with van der Waals surface area (Å²) < 4.78 is 0. The lowest BCUT2D eigenvalue weighted by molar-refractivity contribution is -0.138. The fourth-order valence-electron chi connectivity index (χ4n) is 3.99. The summed E-state index contributed by atoms with van der Waals surface area (Å²) in [6.07, 6.45) is 5.00. The first-order valence-electron chi connectivity index (χ1n) is 8.81. The summed E-state index contributed by atoms with van der Waals surface area (Å²) in [7, 11) is 0. The first-order chi connectivity index (χ1) is 11.1. The van der Waals surface area contributed by atoms with E-state index in [1.54, 1.807) is 0 Å². The topological polar surface area (TPSA) is 60.8 Å². The van der Waals surface area contributed by atoms with Gasteiger partial charge in [-0.1, -0.05) is 43.2 Å². The number of nitrogens with zero attached hydrogens (tertiary/aromatic N) is 1. The second-order valence-corrected chi connectivity index (χ2v) is 7.18. The Bertz CT molecular complexity index is 517. The molecular weight excluding hydrogens is 290 g/mol. The lowest BCUT2D eigenvalue weighted by atomic mass is 9.87. The lowest BCUT2D eigenvalue weighted by Gasteiger charge is -2.35. The summed E-state index contributed by atoms with van der Waals surface area (Å²) >= 11 is 0. The van der Waals surface area contributed by atoms with Gasteiger partial charge in [0, 0.05) is 13.1 Å². The van der Waals surface area contributed by atoms with E-state index in [1.807, 2.05) is 35.2 Å². The van der Waals surface area contributed by atoms with Gasteiger partial charge in [0.25, 0.3) is 0 Å². The van der Waals surface area contributed by atoms with Crippen LogP contribution in [0.1, 0.15) is 56.6 Å². The molecule has 0 spiro atoms. The maximum absolute atomic E-state index is 12.4. The highest BCUT2D eigenvalue weighted by atomic mass is 16.3. The molecule has 1 heterocycles. The minimum Gasteiger partial charge on any atom is -0.389 e. The highest BCUT2D eigenvalue weighted by Gasteiger charge is 2.36. The number of rotatable bonds is 4. The van der Waals surface area contributed by atoms with Gasteiger partial charge in [0.05, 0.1) is 18.1 Å². The Hall–Kier alpha value is -1.39. The molecule has 1 aromatic rings. The van der Waals surface area contributed by atoms with Crippen LogP contribution < -0.4 is 0 Å². The van der Waals surface area contributed by atoms with Crippen LogP contribution in [-0.4, -0.2) is 39.7 Å². The van der Waals surface area contributed by atoms with Crippen LogP contribution in [0, 0.1) is 5.92 Å². The van der Waals surface area contributed by atoms with Gasteiger partial charge in [-0.15, -0.1) is 0 Å². The normalized spacial score (nSPS) is 23.0. The van der Waals surface area contributed by atoms with E-state index in [-0.39, 0.29) is 18.2 Å². The van der Waals surface area contributed by atoms with Gasteiger partial charge in [-0.2, -0.15) is 0 Å². The van der Waals surface area contributed by atoms with E-state index < -0.39 is 11.7 Å². The van der Waals surface area contributed by atoms with Crippen molar-refractivity contribution in [1.29, 1.82) is 0 Å². The van der Waals surface area contributed by atoms with Crippen molar-refractivity contribution in [2.75, 3.05) is 13.1 Å². The molecule has 1 aliphatic carbocycles. The summed E-state index contributed by atoms with van der Waals surface area (Å²) in [4.78, 5) is 14.3. The van der Waals surface area contributed by atoms with Crippen molar-refractivity contribution in [2.24, 2.45) is 5.92 Å². The second-order valence-electron chi connectivity index (χ2n) is 7.18. The molecule has 0 radical (unpaired) electrons. The third-order valence-corrected chi connectivity index (χ3v) is 5.49. The molecule has 2 aliphatic rings. The van der Waals surface area contributed by atoms with Crippen LogP contribution in [0.15, 0.2) is 30.3 Å². The number of amides is 1. The van der Waals surface area contributed by atoms with Crippen LogP contribution >= 0.6 is 0 Å². The molecule has 0 aromatic heterocycles. The summed E-state index contributed by atoms with van der Waals surface area (Å²) in [5.74, 6) is 0.276. The highest BCUT2D eigenvalue weighted by molar-refractivity contribution is 5.77. The number of carbonyl (C=O) groups is 1. The Labute approximate surface area is 138 Å². The van der Waals surface area contributed by atoms with Gasteiger partial charge in [-0.05, 0) is 37.2 Å². The van der Waals surface area contributed by atoms with Crippen molar-refractivity contribution >= 4 is 5.91 Å². The van der Waals surface area contributed by atoms with Gasteiger partial charge in [-0.25, -0.2) is 0 Å². The Kier molecular flexibility index (Phi) is 5.02. The molecule has 1 unspecified atom stereocenters. The zero-order valence-corrected chi connectivity index (χ0v) is 13.7. The van der Waals surface area contributed by atoms with Crippen LogP contribution in [0.2, 0.25) is 0 Å². The highest BCUT2D eigenvalue weighted by Crippen LogP contribution is 2.34. The molecule has 4 nitrogen and oxygen atoms in total. The van der Waals surface area contributed by atoms with Crippen LogP contribution in [-0.2, 0) is 4.79 Å². The monoisotopic (exact) mass is 317 g/mol. The van der Waals surface area contributed by atoms with Crippen LogP contribution in [0.3, 0.4) is 0 Å². The summed E-state index contributed by atoms with van der Waals surface area (Å²) in [5, 5.41) is 20.9. The molecule has 1 saturated heterocycles. The van der Waals surface area contributed by atoms with Crippen molar-refractivity contribution in [2.45, 2.75) is 56.7 Å². The first-order valence-corrected chi connectivity index (χ1v) is 8.81. The van der Waals surface area contributed by atoms with E-state index in [0.29, 0.717) is 13.1 Å². The van der Waals surface area contributed by atoms with E-state index in [9.17, 15) is 15.0 Å². The van der Waals surface area contributed by atoms with E-state index >= 15 is 0 Å². The Morgan fingerprint density at radius 3 is 2.39 bits per heavy atom. The Morgan fingerprint density at radius 2 is 1.78 bits per heavy atom. The molecule has 4 heteroatoms. The average molecular weight is 317 g/mol. The third kappa shape index (κ3) is 3.93. The molecule has 0 bridgehead atoms. The van der Waals surface area contributed by atoms with E-state index in [0.717, 1.165) is 44.1 Å². The van der Waals surface area contributed by atoms with Gasteiger partial charge >= 0.3 is 0 Å². The Morgan fingerprint density at radius 1 is 1.17 bits per heavy atom. The van der Waals surface area contributed by atoms with Crippen molar-refractivity contribution in [3.05, 3.63) is 35.9 Å². The predicted molar refractivity (Wildman–Crippen MR) is 88.7 cm³/mol. The number of hydrogen-bond acceptors (Lipinski definition) is 3. The number of piperidine rings is 1. The SMILES string of the molecule is O=C(CC1(O)CCCC1)N1CCC(C(O)c2ccccc2)CC1. The van der Waals surface area contributed by atoms with Gasteiger partial charge in [0.15, 0.2) is 0 Å². The number of likely N-dealkylation sites (tertiary alicyclic amines) is 1. The van der Waals surface area contributed by atoms with Crippen molar-refractivity contribution in [3.8, 4) is 0 Å². The molecule has 3 rings (SSSR count). The number of hydrogen-bond donors (Lipinski definition) is 2. The van der Waals surface area contributed by atoms with Crippen molar-refractivity contribution in [1.82, 2.24) is 4.90 Å². The fraction of sp³-hybridized carbons (Fsp3) is 0.632. The maximum atomic E-state index is 12.4. The molecule has 1 amide bonds. The van der Waals surface area contributed by atoms with E-state index in [1.165, 1.54) is 0 Å². The standard InChI is InChI=1S/C19H27NO3/c21-17(14-19(23)10-4-5-11-19)20-12-8-16(9-13-20)18(22)15-6-2-1-3-7-15/h1-3,6-7,16,18,22-23H,4-5,8-14H2. The molecule has 1 saturated carbocycles.